The fraction of sp³-hybridized carbons (Fsp3) is 0.333. The molecule has 7 nitrogen and oxygen atoms in total. The van der Waals surface area contributed by atoms with E-state index in [2.05, 4.69) is 5.32 Å². The van der Waals surface area contributed by atoms with Crippen molar-refractivity contribution in [3.63, 3.8) is 0 Å². The number of carbonyl (C=O) groups excluding carboxylic acids is 2. The monoisotopic (exact) mass is 521 g/mol. The van der Waals surface area contributed by atoms with Gasteiger partial charge in [-0.3, -0.25) is 13.9 Å². The predicted molar refractivity (Wildman–Crippen MR) is 124 cm³/mol. The van der Waals surface area contributed by atoms with E-state index in [-0.39, 0.29) is 23.7 Å². The molecule has 0 heterocycles. The van der Waals surface area contributed by atoms with Crippen molar-refractivity contribution in [1.29, 1.82) is 0 Å². The fourth-order valence-electron chi connectivity index (χ4n) is 3.17. The Balaban J connectivity index is 2.46. The van der Waals surface area contributed by atoms with Gasteiger partial charge in [-0.15, -0.1) is 0 Å². The van der Waals surface area contributed by atoms with Crippen LogP contribution in [0.15, 0.2) is 36.4 Å². The molecule has 0 saturated heterocycles. The first-order valence-electron chi connectivity index (χ1n) is 9.76. The largest absolute Gasteiger partial charge is 0.357 e. The summed E-state index contributed by atoms with van der Waals surface area (Å²) in [6, 6.07) is 6.25. The minimum Gasteiger partial charge on any atom is -0.357 e. The highest BCUT2D eigenvalue weighted by molar-refractivity contribution is 7.92. The van der Waals surface area contributed by atoms with Gasteiger partial charge in [0.05, 0.1) is 22.0 Å². The Hall–Kier alpha value is -2.43. The lowest BCUT2D eigenvalue weighted by Gasteiger charge is -2.32. The van der Waals surface area contributed by atoms with Crippen molar-refractivity contribution in [2.24, 2.45) is 0 Å². The van der Waals surface area contributed by atoms with E-state index >= 15 is 0 Å². The SMILES string of the molecule is CC[C@@H](C(=O)NC)N(Cc1ccc(Cl)c(Cl)c1)C(=O)CN(c1ccc(F)c(F)c1)S(C)(=O)=O. The lowest BCUT2D eigenvalue weighted by molar-refractivity contribution is -0.140. The number of hydrogen-bond donors (Lipinski definition) is 1. The van der Waals surface area contributed by atoms with Crippen LogP contribution in [0.4, 0.5) is 14.5 Å². The molecule has 1 atom stereocenters. The van der Waals surface area contributed by atoms with Gasteiger partial charge in [0, 0.05) is 19.7 Å². The first-order valence-corrected chi connectivity index (χ1v) is 12.4. The number of nitrogens with zero attached hydrogens (tertiary/aromatic N) is 2. The van der Waals surface area contributed by atoms with Gasteiger partial charge in [-0.1, -0.05) is 36.2 Å². The van der Waals surface area contributed by atoms with Gasteiger partial charge >= 0.3 is 0 Å². The smallest absolute Gasteiger partial charge is 0.244 e. The maximum absolute atomic E-state index is 13.7. The molecule has 0 aliphatic carbocycles. The molecule has 0 bridgehead atoms. The molecule has 0 aromatic heterocycles. The van der Waals surface area contributed by atoms with Gasteiger partial charge in [-0.25, -0.2) is 17.2 Å². The van der Waals surface area contributed by atoms with E-state index < -0.39 is 46.1 Å². The molecular weight excluding hydrogens is 499 g/mol. The van der Waals surface area contributed by atoms with E-state index in [4.69, 9.17) is 23.2 Å². The van der Waals surface area contributed by atoms with Gasteiger partial charge in [0.1, 0.15) is 12.6 Å². The van der Waals surface area contributed by atoms with Crippen molar-refractivity contribution in [3.05, 3.63) is 63.6 Å². The lowest BCUT2D eigenvalue weighted by atomic mass is 10.1. The number of halogens is 4. The maximum atomic E-state index is 13.7. The Bertz CT molecular complexity index is 1150. The maximum Gasteiger partial charge on any atom is 0.244 e. The zero-order valence-electron chi connectivity index (χ0n) is 18.1. The zero-order valence-corrected chi connectivity index (χ0v) is 20.4. The van der Waals surface area contributed by atoms with Gasteiger partial charge in [0.15, 0.2) is 11.6 Å². The van der Waals surface area contributed by atoms with Crippen molar-refractivity contribution in [3.8, 4) is 0 Å². The average Bonchev–Trinajstić information content (AvgIpc) is 2.75. The number of nitrogens with one attached hydrogen (secondary N) is 1. The number of amides is 2. The van der Waals surface area contributed by atoms with E-state index in [1.807, 2.05) is 0 Å². The fourth-order valence-corrected chi connectivity index (χ4v) is 4.34. The number of likely N-dealkylation sites (N-methyl/N-ethyl adjacent to an activating group) is 1. The summed E-state index contributed by atoms with van der Waals surface area (Å²) in [4.78, 5) is 27.0. The Morgan fingerprint density at radius 2 is 1.73 bits per heavy atom. The summed E-state index contributed by atoms with van der Waals surface area (Å²) >= 11 is 12.0. The highest BCUT2D eigenvalue weighted by Gasteiger charge is 2.31. The summed E-state index contributed by atoms with van der Waals surface area (Å²) in [5.74, 6) is -3.61. The minimum absolute atomic E-state index is 0.0724. The molecule has 2 aromatic carbocycles. The number of hydrogen-bond acceptors (Lipinski definition) is 4. The molecule has 0 unspecified atom stereocenters. The van der Waals surface area contributed by atoms with Crippen molar-refractivity contribution in [2.45, 2.75) is 25.9 Å². The van der Waals surface area contributed by atoms with E-state index in [1.165, 1.54) is 24.1 Å². The van der Waals surface area contributed by atoms with Crippen molar-refractivity contribution in [1.82, 2.24) is 10.2 Å². The Kier molecular flexibility index (Phi) is 9.04. The van der Waals surface area contributed by atoms with E-state index in [0.717, 1.165) is 18.4 Å². The molecule has 12 heteroatoms. The molecule has 33 heavy (non-hydrogen) atoms. The van der Waals surface area contributed by atoms with Gasteiger partial charge in [0.2, 0.25) is 21.8 Å². The van der Waals surface area contributed by atoms with E-state index in [0.29, 0.717) is 21.0 Å². The lowest BCUT2D eigenvalue weighted by Crippen LogP contribution is -2.51. The second kappa shape index (κ2) is 11.1. The molecule has 0 radical (unpaired) electrons. The van der Waals surface area contributed by atoms with Crippen LogP contribution in [0.1, 0.15) is 18.9 Å². The second-order valence-corrected chi connectivity index (χ2v) is 9.90. The molecule has 0 saturated carbocycles. The molecule has 0 aliphatic heterocycles. The zero-order chi connectivity index (χ0) is 24.9. The van der Waals surface area contributed by atoms with Crippen LogP contribution in [0.2, 0.25) is 10.0 Å². The molecule has 0 spiro atoms. The van der Waals surface area contributed by atoms with Gasteiger partial charge < -0.3 is 10.2 Å². The number of sulfonamides is 1. The molecule has 0 fully saturated rings. The van der Waals surface area contributed by atoms with Gasteiger partial charge in [0.25, 0.3) is 0 Å². The van der Waals surface area contributed by atoms with Crippen molar-refractivity contribution < 1.29 is 26.8 Å². The first-order chi connectivity index (χ1) is 15.4. The van der Waals surface area contributed by atoms with Crippen LogP contribution in [0.25, 0.3) is 0 Å². The van der Waals surface area contributed by atoms with Crippen LogP contribution < -0.4 is 9.62 Å². The average molecular weight is 522 g/mol. The quantitative estimate of drug-likeness (QED) is 0.546. The number of carbonyl (C=O) groups is 2. The molecule has 2 amide bonds. The van der Waals surface area contributed by atoms with Gasteiger partial charge in [-0.05, 0) is 36.2 Å². The third-order valence-electron chi connectivity index (χ3n) is 4.84. The highest BCUT2D eigenvalue weighted by Crippen LogP contribution is 2.25. The van der Waals surface area contributed by atoms with Crippen LogP contribution in [0.5, 0.6) is 0 Å². The van der Waals surface area contributed by atoms with E-state index in [1.54, 1.807) is 13.0 Å². The van der Waals surface area contributed by atoms with Crippen LogP contribution >= 0.6 is 23.2 Å². The third-order valence-corrected chi connectivity index (χ3v) is 6.72. The summed E-state index contributed by atoms with van der Waals surface area (Å²) in [6.07, 6.45) is 1.07. The Morgan fingerprint density at radius 1 is 1.06 bits per heavy atom. The van der Waals surface area contributed by atoms with Crippen LogP contribution in [-0.2, 0) is 26.2 Å². The highest BCUT2D eigenvalue weighted by atomic mass is 35.5. The summed E-state index contributed by atoms with van der Waals surface area (Å²) < 4.78 is 52.5. The molecule has 2 aromatic rings. The molecule has 0 aliphatic rings. The van der Waals surface area contributed by atoms with Gasteiger partial charge in [-0.2, -0.15) is 0 Å². The number of rotatable bonds is 9. The third kappa shape index (κ3) is 6.78. The number of benzene rings is 2. The molecule has 180 valence electrons. The summed E-state index contributed by atoms with van der Waals surface area (Å²) in [5, 5.41) is 3.03. The van der Waals surface area contributed by atoms with Crippen LogP contribution in [0, 0.1) is 11.6 Å². The normalized spacial score (nSPS) is 12.2. The van der Waals surface area contributed by atoms with Crippen molar-refractivity contribution >= 4 is 50.7 Å². The molecule has 2 rings (SSSR count). The van der Waals surface area contributed by atoms with Crippen LogP contribution in [-0.4, -0.2) is 51.0 Å². The minimum atomic E-state index is -4.06. The summed E-state index contributed by atoms with van der Waals surface area (Å²) in [6.45, 7) is 0.883. The Labute approximate surface area is 201 Å². The van der Waals surface area contributed by atoms with Crippen molar-refractivity contribution in [2.75, 3.05) is 24.2 Å². The standard InChI is InChI=1S/C21H23Cl2F2N3O4S/c1-4-19(21(30)26-2)27(11-13-5-7-15(22)16(23)9-13)20(29)12-28(33(3,31)32)14-6-8-17(24)18(25)10-14/h5-10,19H,4,11-12H2,1-3H3,(H,26,30)/t19-/m0/s1. The number of anilines is 1. The van der Waals surface area contributed by atoms with E-state index in [9.17, 15) is 26.8 Å². The summed E-state index contributed by atoms with van der Waals surface area (Å²) in [7, 11) is -2.65. The summed E-state index contributed by atoms with van der Waals surface area (Å²) in [5.41, 5.74) is 0.325. The molecular formula is C21H23Cl2F2N3O4S. The second-order valence-electron chi connectivity index (χ2n) is 7.18. The Morgan fingerprint density at radius 3 is 2.24 bits per heavy atom. The topological polar surface area (TPSA) is 86.8 Å². The van der Waals surface area contributed by atoms with Crippen LogP contribution in [0.3, 0.4) is 0 Å². The predicted octanol–water partition coefficient (Wildman–Crippen LogP) is 3.59. The molecule has 1 N–H and O–H groups in total. The first kappa shape index (κ1) is 26.8.